The van der Waals surface area contributed by atoms with Crippen LogP contribution in [0.15, 0.2) is 18.2 Å². The molecule has 1 aromatic carbocycles. The molecule has 1 saturated carbocycles. The molecule has 0 heterocycles. The van der Waals surface area contributed by atoms with Crippen molar-refractivity contribution in [3.63, 3.8) is 0 Å². The van der Waals surface area contributed by atoms with E-state index in [1.807, 2.05) is 12.1 Å². The number of rotatable bonds is 4. The summed E-state index contributed by atoms with van der Waals surface area (Å²) in [6.45, 7) is 3.21. The zero-order valence-corrected chi connectivity index (χ0v) is 9.96. The molecule has 86 valence electrons. The molecule has 3 nitrogen and oxygen atoms in total. The van der Waals surface area contributed by atoms with Gasteiger partial charge in [-0.1, -0.05) is 0 Å². The fourth-order valence-corrected chi connectivity index (χ4v) is 2.04. The van der Waals surface area contributed by atoms with E-state index in [2.05, 4.69) is 24.9 Å². The van der Waals surface area contributed by atoms with Crippen molar-refractivity contribution in [3.05, 3.63) is 29.3 Å². The lowest BCUT2D eigenvalue weighted by Crippen LogP contribution is -2.21. The van der Waals surface area contributed by atoms with Gasteiger partial charge in [-0.3, -0.25) is 5.41 Å². The molecule has 0 spiro atoms. The summed E-state index contributed by atoms with van der Waals surface area (Å²) in [5, 5.41) is 7.40. The molecule has 0 radical (unpaired) electrons. The van der Waals surface area contributed by atoms with Crippen molar-refractivity contribution in [3.8, 4) is 0 Å². The van der Waals surface area contributed by atoms with Crippen LogP contribution in [0.4, 0.5) is 5.69 Å². The zero-order valence-electron chi connectivity index (χ0n) is 9.96. The minimum atomic E-state index is 0.138. The summed E-state index contributed by atoms with van der Waals surface area (Å²) in [4.78, 5) is 2.30. The molecule has 3 heteroatoms. The normalized spacial score (nSPS) is 14.9. The van der Waals surface area contributed by atoms with Gasteiger partial charge in [-0.25, -0.2) is 0 Å². The van der Waals surface area contributed by atoms with Crippen molar-refractivity contribution < 1.29 is 0 Å². The number of nitrogens with one attached hydrogen (secondary N) is 1. The second-order valence-electron chi connectivity index (χ2n) is 4.74. The molecule has 1 fully saturated rings. The van der Waals surface area contributed by atoms with Crippen LogP contribution in [0.2, 0.25) is 0 Å². The predicted octanol–water partition coefficient (Wildman–Crippen LogP) is 2.13. The number of benzene rings is 1. The third kappa shape index (κ3) is 2.35. The lowest BCUT2D eigenvalue weighted by Gasteiger charge is -2.21. The SMILES string of the molecule is Cc1cc(C(=N)N)ccc1N(C)CC1CC1. The molecule has 0 aromatic heterocycles. The standard InChI is InChI=1S/C13H19N3/c1-9-7-11(13(14)15)5-6-12(9)16(2)8-10-3-4-10/h5-7,10H,3-4,8H2,1-2H3,(H3,14,15). The fourth-order valence-electron chi connectivity index (χ4n) is 2.04. The van der Waals surface area contributed by atoms with Crippen molar-refractivity contribution in [1.29, 1.82) is 5.41 Å². The van der Waals surface area contributed by atoms with Gasteiger partial charge in [0.2, 0.25) is 0 Å². The van der Waals surface area contributed by atoms with Crippen LogP contribution in [0.1, 0.15) is 24.0 Å². The number of hydrogen-bond acceptors (Lipinski definition) is 2. The Morgan fingerprint density at radius 2 is 2.19 bits per heavy atom. The van der Waals surface area contributed by atoms with Gasteiger partial charge >= 0.3 is 0 Å². The summed E-state index contributed by atoms with van der Waals surface area (Å²) in [6, 6.07) is 5.98. The van der Waals surface area contributed by atoms with Crippen LogP contribution in [-0.2, 0) is 0 Å². The maximum absolute atomic E-state index is 7.40. The van der Waals surface area contributed by atoms with Gasteiger partial charge in [-0.05, 0) is 49.4 Å². The molecular weight excluding hydrogens is 198 g/mol. The molecule has 0 saturated heterocycles. The Morgan fingerprint density at radius 1 is 1.50 bits per heavy atom. The van der Waals surface area contributed by atoms with E-state index < -0.39 is 0 Å². The first-order valence-corrected chi connectivity index (χ1v) is 5.74. The minimum Gasteiger partial charge on any atom is -0.384 e. The Kier molecular flexibility index (Phi) is 2.86. The Hall–Kier alpha value is -1.51. The van der Waals surface area contributed by atoms with Crippen LogP contribution in [0.25, 0.3) is 0 Å². The largest absolute Gasteiger partial charge is 0.384 e. The van der Waals surface area contributed by atoms with Crippen LogP contribution >= 0.6 is 0 Å². The van der Waals surface area contributed by atoms with Crippen molar-refractivity contribution in [1.82, 2.24) is 0 Å². The van der Waals surface area contributed by atoms with Gasteiger partial charge in [0.1, 0.15) is 5.84 Å². The first-order chi connectivity index (χ1) is 7.58. The fraction of sp³-hybridized carbons (Fsp3) is 0.462. The topological polar surface area (TPSA) is 53.1 Å². The maximum atomic E-state index is 7.40. The Balaban J connectivity index is 2.17. The monoisotopic (exact) mass is 217 g/mol. The van der Waals surface area contributed by atoms with Gasteiger partial charge in [-0.2, -0.15) is 0 Å². The summed E-state index contributed by atoms with van der Waals surface area (Å²) >= 11 is 0. The molecule has 1 aliphatic carbocycles. The summed E-state index contributed by atoms with van der Waals surface area (Å²) in [7, 11) is 2.13. The van der Waals surface area contributed by atoms with Crippen molar-refractivity contribution in [2.75, 3.05) is 18.5 Å². The second-order valence-corrected chi connectivity index (χ2v) is 4.74. The van der Waals surface area contributed by atoms with E-state index in [9.17, 15) is 0 Å². The number of nitrogens with two attached hydrogens (primary N) is 1. The van der Waals surface area contributed by atoms with Crippen LogP contribution in [0.3, 0.4) is 0 Å². The van der Waals surface area contributed by atoms with E-state index in [-0.39, 0.29) is 5.84 Å². The molecule has 0 amide bonds. The number of aryl methyl sites for hydroxylation is 1. The second kappa shape index (κ2) is 4.16. The molecular formula is C13H19N3. The van der Waals surface area contributed by atoms with E-state index >= 15 is 0 Å². The predicted molar refractivity (Wildman–Crippen MR) is 68.2 cm³/mol. The molecule has 0 bridgehead atoms. The molecule has 3 N–H and O–H groups in total. The minimum absolute atomic E-state index is 0.138. The van der Waals surface area contributed by atoms with E-state index in [1.165, 1.54) is 24.1 Å². The van der Waals surface area contributed by atoms with Gasteiger partial charge in [0.05, 0.1) is 0 Å². The first kappa shape index (κ1) is 11.0. The summed E-state index contributed by atoms with van der Waals surface area (Å²) in [5.41, 5.74) is 8.71. The average molecular weight is 217 g/mol. The molecule has 1 aromatic rings. The van der Waals surface area contributed by atoms with E-state index in [4.69, 9.17) is 11.1 Å². The summed E-state index contributed by atoms with van der Waals surface area (Å²) in [6.07, 6.45) is 2.74. The smallest absolute Gasteiger partial charge is 0.122 e. The Morgan fingerprint density at radius 3 is 2.69 bits per heavy atom. The third-order valence-electron chi connectivity index (χ3n) is 3.15. The number of hydrogen-bond donors (Lipinski definition) is 2. The van der Waals surface area contributed by atoms with E-state index in [0.717, 1.165) is 18.0 Å². The van der Waals surface area contributed by atoms with E-state index in [0.29, 0.717) is 0 Å². The third-order valence-corrected chi connectivity index (χ3v) is 3.15. The van der Waals surface area contributed by atoms with Gasteiger partial charge in [0, 0.05) is 24.8 Å². The van der Waals surface area contributed by atoms with Gasteiger partial charge in [-0.15, -0.1) is 0 Å². The van der Waals surface area contributed by atoms with Gasteiger partial charge < -0.3 is 10.6 Å². The van der Waals surface area contributed by atoms with E-state index in [1.54, 1.807) is 0 Å². The van der Waals surface area contributed by atoms with Crippen molar-refractivity contribution in [2.24, 2.45) is 11.7 Å². The molecule has 2 rings (SSSR count). The number of anilines is 1. The molecule has 16 heavy (non-hydrogen) atoms. The molecule has 1 aliphatic rings. The molecule has 0 unspecified atom stereocenters. The zero-order chi connectivity index (χ0) is 11.7. The first-order valence-electron chi connectivity index (χ1n) is 5.74. The summed E-state index contributed by atoms with van der Waals surface area (Å²) < 4.78 is 0. The highest BCUT2D eigenvalue weighted by atomic mass is 15.1. The van der Waals surface area contributed by atoms with Gasteiger partial charge in [0.15, 0.2) is 0 Å². The van der Waals surface area contributed by atoms with Gasteiger partial charge in [0.25, 0.3) is 0 Å². The highest BCUT2D eigenvalue weighted by molar-refractivity contribution is 5.95. The lowest BCUT2D eigenvalue weighted by molar-refractivity contribution is 0.785. The quantitative estimate of drug-likeness (QED) is 0.599. The van der Waals surface area contributed by atoms with Crippen LogP contribution in [0.5, 0.6) is 0 Å². The highest BCUT2D eigenvalue weighted by Gasteiger charge is 2.23. The number of nitrogens with zero attached hydrogens (tertiary/aromatic N) is 1. The van der Waals surface area contributed by atoms with Crippen LogP contribution in [0, 0.1) is 18.3 Å². The average Bonchev–Trinajstić information content (AvgIpc) is 3.01. The van der Waals surface area contributed by atoms with Crippen molar-refractivity contribution >= 4 is 11.5 Å². The molecule has 0 aliphatic heterocycles. The maximum Gasteiger partial charge on any atom is 0.122 e. The number of nitrogen functional groups attached to an aromatic ring is 1. The summed E-state index contributed by atoms with van der Waals surface area (Å²) in [5.74, 6) is 1.02. The van der Waals surface area contributed by atoms with Crippen molar-refractivity contribution in [2.45, 2.75) is 19.8 Å². The number of amidine groups is 1. The Labute approximate surface area is 96.8 Å². The highest BCUT2D eigenvalue weighted by Crippen LogP contribution is 2.31. The lowest BCUT2D eigenvalue weighted by atomic mass is 10.1. The van der Waals surface area contributed by atoms with Crippen LogP contribution in [-0.4, -0.2) is 19.4 Å². The van der Waals surface area contributed by atoms with Crippen LogP contribution < -0.4 is 10.6 Å². The Bertz CT molecular complexity index is 408. The molecule has 0 atom stereocenters.